The van der Waals surface area contributed by atoms with Crippen molar-refractivity contribution in [3.05, 3.63) is 29.6 Å². The molecular weight excluding hydrogens is 255 g/mol. The minimum absolute atomic E-state index is 0.198. The maximum atomic E-state index is 14.0. The van der Waals surface area contributed by atoms with E-state index in [0.29, 0.717) is 24.3 Å². The quantitative estimate of drug-likeness (QED) is 0.901. The molecule has 1 aliphatic carbocycles. The van der Waals surface area contributed by atoms with Crippen LogP contribution < -0.4 is 10.5 Å². The van der Waals surface area contributed by atoms with Gasteiger partial charge in [-0.05, 0) is 38.4 Å². The maximum Gasteiger partial charge on any atom is 0.131 e. The van der Waals surface area contributed by atoms with E-state index in [1.165, 1.54) is 25.3 Å². The minimum atomic E-state index is -0.198. The van der Waals surface area contributed by atoms with E-state index in [-0.39, 0.29) is 5.82 Å². The molecule has 0 amide bonds. The van der Waals surface area contributed by atoms with E-state index in [1.807, 2.05) is 12.1 Å². The summed E-state index contributed by atoms with van der Waals surface area (Å²) in [5, 5.41) is 0. The highest BCUT2D eigenvalue weighted by Gasteiger charge is 2.27. The molecule has 20 heavy (non-hydrogen) atoms. The second kappa shape index (κ2) is 7.04. The molecule has 0 saturated heterocycles. The Balaban J connectivity index is 2.04. The Morgan fingerprint density at radius 3 is 2.75 bits per heavy atom. The van der Waals surface area contributed by atoms with Gasteiger partial charge in [0.15, 0.2) is 0 Å². The van der Waals surface area contributed by atoms with Gasteiger partial charge in [-0.3, -0.25) is 4.90 Å². The van der Waals surface area contributed by atoms with E-state index in [9.17, 15) is 4.39 Å². The van der Waals surface area contributed by atoms with Crippen LogP contribution in [-0.2, 0) is 6.54 Å². The molecule has 0 heterocycles. The zero-order chi connectivity index (χ0) is 14.5. The molecule has 1 aromatic carbocycles. The van der Waals surface area contributed by atoms with Crippen LogP contribution in [0.25, 0.3) is 0 Å². The number of rotatable bonds is 5. The summed E-state index contributed by atoms with van der Waals surface area (Å²) in [4.78, 5) is 2.25. The van der Waals surface area contributed by atoms with Gasteiger partial charge in [0.1, 0.15) is 11.6 Å². The molecule has 1 aromatic rings. The number of hydrogen-bond acceptors (Lipinski definition) is 3. The Morgan fingerprint density at radius 1 is 1.35 bits per heavy atom. The summed E-state index contributed by atoms with van der Waals surface area (Å²) in [6.45, 7) is 1.34. The number of ether oxygens (including phenoxy) is 1. The summed E-state index contributed by atoms with van der Waals surface area (Å²) in [5.41, 5.74) is 6.59. The monoisotopic (exact) mass is 280 g/mol. The van der Waals surface area contributed by atoms with Crippen molar-refractivity contribution in [2.75, 3.05) is 20.7 Å². The summed E-state index contributed by atoms with van der Waals surface area (Å²) >= 11 is 0. The Bertz CT molecular complexity index is 438. The summed E-state index contributed by atoms with van der Waals surface area (Å²) in [7, 11) is 3.62. The molecular formula is C16H25FN2O. The Hall–Kier alpha value is -1.13. The normalized spacial score (nSPS) is 23.1. The first-order valence-electron chi connectivity index (χ1n) is 7.38. The summed E-state index contributed by atoms with van der Waals surface area (Å²) < 4.78 is 19.0. The predicted octanol–water partition coefficient (Wildman–Crippen LogP) is 2.78. The second-order valence-corrected chi connectivity index (χ2v) is 5.72. The molecule has 0 bridgehead atoms. The van der Waals surface area contributed by atoms with Crippen LogP contribution in [0.5, 0.6) is 5.75 Å². The van der Waals surface area contributed by atoms with Crippen molar-refractivity contribution < 1.29 is 9.13 Å². The van der Waals surface area contributed by atoms with Gasteiger partial charge in [-0.25, -0.2) is 4.39 Å². The van der Waals surface area contributed by atoms with E-state index in [2.05, 4.69) is 11.9 Å². The predicted molar refractivity (Wildman–Crippen MR) is 79.2 cm³/mol. The number of nitrogens with two attached hydrogens (primary N) is 1. The Labute approximate surface area is 120 Å². The van der Waals surface area contributed by atoms with E-state index in [1.54, 1.807) is 7.11 Å². The largest absolute Gasteiger partial charge is 0.497 e. The number of hydrogen-bond donors (Lipinski definition) is 1. The van der Waals surface area contributed by atoms with Crippen LogP contribution in [0, 0.1) is 11.7 Å². The fourth-order valence-electron chi connectivity index (χ4n) is 3.21. The van der Waals surface area contributed by atoms with Crippen LogP contribution in [0.3, 0.4) is 0 Å². The third-order valence-electron chi connectivity index (χ3n) is 4.42. The lowest BCUT2D eigenvalue weighted by Gasteiger charge is -2.37. The third kappa shape index (κ3) is 3.49. The van der Waals surface area contributed by atoms with Gasteiger partial charge in [-0.2, -0.15) is 0 Å². The van der Waals surface area contributed by atoms with Gasteiger partial charge in [-0.15, -0.1) is 0 Å². The van der Waals surface area contributed by atoms with Crippen LogP contribution >= 0.6 is 0 Å². The average molecular weight is 280 g/mol. The molecule has 1 aliphatic rings. The molecule has 112 valence electrons. The maximum absolute atomic E-state index is 14.0. The first kappa shape index (κ1) is 15.3. The number of halogens is 1. The van der Waals surface area contributed by atoms with Gasteiger partial charge in [0, 0.05) is 24.2 Å². The standard InChI is InChI=1S/C16H25FN2O/c1-19(16-6-4-3-5-12(16)10-18)11-13-7-8-14(20-2)9-15(13)17/h7-9,12,16H,3-6,10-11,18H2,1-2H3. The van der Waals surface area contributed by atoms with Crippen LogP contribution in [0.1, 0.15) is 31.2 Å². The lowest BCUT2D eigenvalue weighted by Crippen LogP contribution is -2.42. The Morgan fingerprint density at radius 2 is 2.10 bits per heavy atom. The SMILES string of the molecule is COc1ccc(CN(C)C2CCCCC2CN)c(F)c1. The molecule has 0 radical (unpaired) electrons. The summed E-state index contributed by atoms with van der Waals surface area (Å²) in [5.74, 6) is 0.901. The highest BCUT2D eigenvalue weighted by Crippen LogP contribution is 2.28. The molecule has 2 N–H and O–H groups in total. The first-order valence-corrected chi connectivity index (χ1v) is 7.38. The molecule has 4 heteroatoms. The number of methoxy groups -OCH3 is 1. The van der Waals surface area contributed by atoms with Gasteiger partial charge in [-0.1, -0.05) is 18.9 Å². The Kier molecular flexibility index (Phi) is 5.38. The van der Waals surface area contributed by atoms with E-state index in [0.717, 1.165) is 18.5 Å². The highest BCUT2D eigenvalue weighted by molar-refractivity contribution is 5.28. The van der Waals surface area contributed by atoms with Crippen LogP contribution in [0.15, 0.2) is 18.2 Å². The highest BCUT2D eigenvalue weighted by atomic mass is 19.1. The van der Waals surface area contributed by atoms with Crippen LogP contribution in [0.4, 0.5) is 4.39 Å². The minimum Gasteiger partial charge on any atom is -0.497 e. The van der Waals surface area contributed by atoms with Crippen molar-refractivity contribution in [2.24, 2.45) is 11.7 Å². The fourth-order valence-corrected chi connectivity index (χ4v) is 3.21. The molecule has 1 fully saturated rings. The average Bonchev–Trinajstić information content (AvgIpc) is 2.49. The van der Waals surface area contributed by atoms with Crippen molar-refractivity contribution in [1.82, 2.24) is 4.90 Å². The van der Waals surface area contributed by atoms with Gasteiger partial charge < -0.3 is 10.5 Å². The van der Waals surface area contributed by atoms with Gasteiger partial charge in [0.2, 0.25) is 0 Å². The zero-order valence-corrected chi connectivity index (χ0v) is 12.4. The van der Waals surface area contributed by atoms with Gasteiger partial charge in [0.05, 0.1) is 7.11 Å². The summed E-state index contributed by atoms with van der Waals surface area (Å²) in [6, 6.07) is 5.54. The van der Waals surface area contributed by atoms with Crippen molar-refractivity contribution in [1.29, 1.82) is 0 Å². The molecule has 0 aromatic heterocycles. The third-order valence-corrected chi connectivity index (χ3v) is 4.42. The van der Waals surface area contributed by atoms with Crippen molar-refractivity contribution in [3.8, 4) is 5.75 Å². The van der Waals surface area contributed by atoms with E-state index >= 15 is 0 Å². The van der Waals surface area contributed by atoms with Crippen molar-refractivity contribution >= 4 is 0 Å². The number of benzene rings is 1. The first-order chi connectivity index (χ1) is 9.65. The van der Waals surface area contributed by atoms with Crippen LogP contribution in [0.2, 0.25) is 0 Å². The second-order valence-electron chi connectivity index (χ2n) is 5.72. The molecule has 2 unspecified atom stereocenters. The lowest BCUT2D eigenvalue weighted by molar-refractivity contribution is 0.126. The van der Waals surface area contributed by atoms with Crippen molar-refractivity contribution in [3.63, 3.8) is 0 Å². The fraction of sp³-hybridized carbons (Fsp3) is 0.625. The molecule has 0 aliphatic heterocycles. The van der Waals surface area contributed by atoms with Gasteiger partial charge in [0.25, 0.3) is 0 Å². The summed E-state index contributed by atoms with van der Waals surface area (Å²) in [6.07, 6.45) is 4.87. The van der Waals surface area contributed by atoms with Gasteiger partial charge >= 0.3 is 0 Å². The topological polar surface area (TPSA) is 38.5 Å². The van der Waals surface area contributed by atoms with E-state index in [4.69, 9.17) is 10.5 Å². The lowest BCUT2D eigenvalue weighted by atomic mass is 9.83. The zero-order valence-electron chi connectivity index (χ0n) is 12.4. The molecule has 1 saturated carbocycles. The van der Waals surface area contributed by atoms with Crippen molar-refractivity contribution in [2.45, 2.75) is 38.3 Å². The molecule has 0 spiro atoms. The molecule has 2 atom stereocenters. The molecule has 2 rings (SSSR count). The molecule has 3 nitrogen and oxygen atoms in total. The van der Waals surface area contributed by atoms with Crippen LogP contribution in [-0.4, -0.2) is 31.6 Å². The van der Waals surface area contributed by atoms with E-state index < -0.39 is 0 Å². The smallest absolute Gasteiger partial charge is 0.131 e. The number of nitrogens with zero attached hydrogens (tertiary/aromatic N) is 1.